The second-order valence-corrected chi connectivity index (χ2v) is 3.14. The molecule has 1 aromatic rings. The molecule has 0 aliphatic heterocycles. The van der Waals surface area contributed by atoms with Gasteiger partial charge in [-0.05, 0) is 23.5 Å². The van der Waals surface area contributed by atoms with Gasteiger partial charge in [0.2, 0.25) is 0 Å². The van der Waals surface area contributed by atoms with Crippen LogP contribution in [-0.4, -0.2) is 0 Å². The van der Waals surface area contributed by atoms with Crippen LogP contribution in [0, 0.1) is 0 Å². The van der Waals surface area contributed by atoms with Crippen LogP contribution in [-0.2, 0) is 17.1 Å². The SMILES string of the molecule is CCC1=CC=CC1=C(N)[O-].[Fe+2].c1cc[cH-]c1. The molecule has 0 bridgehead atoms. The van der Waals surface area contributed by atoms with Gasteiger partial charge >= 0.3 is 17.1 Å². The Bertz CT molecular complexity index is 353. The van der Waals surface area contributed by atoms with E-state index in [2.05, 4.69) is 0 Å². The van der Waals surface area contributed by atoms with Gasteiger partial charge in [-0.3, -0.25) is 0 Å². The van der Waals surface area contributed by atoms with E-state index in [0.29, 0.717) is 5.57 Å². The van der Waals surface area contributed by atoms with Crippen molar-refractivity contribution in [2.45, 2.75) is 13.3 Å². The molecule has 0 fully saturated rings. The van der Waals surface area contributed by atoms with Crippen LogP contribution in [0.2, 0.25) is 0 Å². The van der Waals surface area contributed by atoms with Crippen molar-refractivity contribution in [1.82, 2.24) is 0 Å². The van der Waals surface area contributed by atoms with Crippen molar-refractivity contribution in [3.05, 3.63) is 65.6 Å². The molecule has 2 nitrogen and oxygen atoms in total. The van der Waals surface area contributed by atoms with E-state index in [-0.39, 0.29) is 23.0 Å². The third kappa shape index (κ3) is 4.47. The summed E-state index contributed by atoms with van der Waals surface area (Å²) in [6.07, 6.45) is 6.38. The normalized spacial score (nSPS) is 15.7. The van der Waals surface area contributed by atoms with Crippen molar-refractivity contribution in [2.24, 2.45) is 5.73 Å². The Balaban J connectivity index is 0.000000318. The predicted molar refractivity (Wildman–Crippen MR) is 60.8 cm³/mol. The monoisotopic (exact) mass is 257 g/mol. The van der Waals surface area contributed by atoms with Crippen LogP contribution in [0.25, 0.3) is 0 Å². The Morgan fingerprint density at radius 2 is 2.00 bits per heavy atom. The summed E-state index contributed by atoms with van der Waals surface area (Å²) in [5.74, 6) is -0.332. The minimum Gasteiger partial charge on any atom is -0.860 e. The molecule has 1 aliphatic carbocycles. The maximum Gasteiger partial charge on any atom is 2.00 e. The molecule has 0 heterocycles. The molecule has 0 aromatic heterocycles. The maximum absolute atomic E-state index is 10.7. The van der Waals surface area contributed by atoms with Crippen molar-refractivity contribution < 1.29 is 22.2 Å². The van der Waals surface area contributed by atoms with Crippen molar-refractivity contribution >= 4 is 0 Å². The van der Waals surface area contributed by atoms with Crippen LogP contribution < -0.4 is 10.8 Å². The number of hydrogen-bond donors (Lipinski definition) is 1. The fraction of sp³-hybridized carbons (Fsp3) is 0.154. The second kappa shape index (κ2) is 7.91. The summed E-state index contributed by atoms with van der Waals surface area (Å²) in [4.78, 5) is 0. The molecule has 0 saturated heterocycles. The van der Waals surface area contributed by atoms with E-state index >= 15 is 0 Å². The van der Waals surface area contributed by atoms with Crippen LogP contribution in [0.15, 0.2) is 65.6 Å². The van der Waals surface area contributed by atoms with E-state index < -0.39 is 0 Å². The fourth-order valence-corrected chi connectivity index (χ4v) is 1.33. The first-order valence-electron chi connectivity index (χ1n) is 4.96. The van der Waals surface area contributed by atoms with Crippen LogP contribution >= 0.6 is 0 Å². The number of hydrogen-bond acceptors (Lipinski definition) is 2. The van der Waals surface area contributed by atoms with E-state index in [4.69, 9.17) is 5.73 Å². The molecular formula is C13H15FeNO. The van der Waals surface area contributed by atoms with Gasteiger partial charge in [0.15, 0.2) is 0 Å². The smallest absolute Gasteiger partial charge is 0.860 e. The zero-order chi connectivity index (χ0) is 11.1. The molecule has 16 heavy (non-hydrogen) atoms. The van der Waals surface area contributed by atoms with Gasteiger partial charge in [-0.15, -0.1) is 0 Å². The van der Waals surface area contributed by atoms with Gasteiger partial charge < -0.3 is 10.8 Å². The summed E-state index contributed by atoms with van der Waals surface area (Å²) < 4.78 is 0. The molecule has 3 heteroatoms. The Morgan fingerprint density at radius 3 is 2.31 bits per heavy atom. The third-order valence-electron chi connectivity index (χ3n) is 2.11. The van der Waals surface area contributed by atoms with Crippen molar-refractivity contribution in [1.29, 1.82) is 0 Å². The minimum absolute atomic E-state index is 0. The first-order chi connectivity index (χ1) is 7.25. The van der Waals surface area contributed by atoms with Crippen molar-refractivity contribution in [3.63, 3.8) is 0 Å². The number of rotatable bonds is 1. The number of nitrogens with two attached hydrogens (primary N) is 1. The standard InChI is InChI=1S/C8H11NO.C5H5.Fe/c1-2-6-4-3-5-7(6)8(9)10;1-2-4-5-3-1;/h3-5,10H,2,9H2,1H3;1-5H;/q;-1;+2/p-1. The van der Waals surface area contributed by atoms with Gasteiger partial charge in [0.25, 0.3) is 0 Å². The Hall–Kier alpha value is -1.31. The fourth-order valence-electron chi connectivity index (χ4n) is 1.33. The summed E-state index contributed by atoms with van der Waals surface area (Å²) in [6.45, 7) is 2.00. The number of allylic oxidation sites excluding steroid dienone is 5. The zero-order valence-corrected chi connectivity index (χ0v) is 10.3. The molecule has 2 N–H and O–H groups in total. The van der Waals surface area contributed by atoms with E-state index in [0.717, 1.165) is 12.0 Å². The molecule has 0 radical (unpaired) electrons. The molecule has 1 aromatic carbocycles. The maximum atomic E-state index is 10.7. The summed E-state index contributed by atoms with van der Waals surface area (Å²) in [7, 11) is 0. The molecule has 1 aliphatic rings. The van der Waals surface area contributed by atoms with Crippen molar-refractivity contribution in [3.8, 4) is 0 Å². The molecule has 2 rings (SSSR count). The van der Waals surface area contributed by atoms with Crippen LogP contribution in [0.5, 0.6) is 0 Å². The molecule has 0 amide bonds. The van der Waals surface area contributed by atoms with Crippen LogP contribution in [0.1, 0.15) is 13.3 Å². The summed E-state index contributed by atoms with van der Waals surface area (Å²) in [5.41, 5.74) is 6.79. The van der Waals surface area contributed by atoms with E-state index in [1.807, 2.05) is 49.4 Å². The van der Waals surface area contributed by atoms with Crippen LogP contribution in [0.3, 0.4) is 0 Å². The third-order valence-corrected chi connectivity index (χ3v) is 2.11. The largest absolute Gasteiger partial charge is 2.00 e. The quantitative estimate of drug-likeness (QED) is 0.474. The topological polar surface area (TPSA) is 49.1 Å². The Morgan fingerprint density at radius 1 is 1.38 bits per heavy atom. The van der Waals surface area contributed by atoms with E-state index in [1.54, 1.807) is 6.08 Å². The van der Waals surface area contributed by atoms with Gasteiger partial charge in [-0.25, -0.2) is 12.1 Å². The summed E-state index contributed by atoms with van der Waals surface area (Å²) in [6, 6.07) is 10.0. The minimum atomic E-state index is -0.332. The second-order valence-electron chi connectivity index (χ2n) is 3.14. The van der Waals surface area contributed by atoms with E-state index in [1.165, 1.54) is 0 Å². The first-order valence-corrected chi connectivity index (χ1v) is 4.96. The Labute approximate surface area is 107 Å². The summed E-state index contributed by atoms with van der Waals surface area (Å²) in [5, 5.41) is 10.7. The molecular weight excluding hydrogens is 242 g/mol. The Kier molecular flexibility index (Phi) is 7.27. The molecule has 0 unspecified atom stereocenters. The molecule has 0 atom stereocenters. The van der Waals surface area contributed by atoms with E-state index in [9.17, 15) is 5.11 Å². The average Bonchev–Trinajstić information content (AvgIpc) is 2.92. The molecule has 86 valence electrons. The molecule has 0 saturated carbocycles. The van der Waals surface area contributed by atoms with Gasteiger partial charge in [0.1, 0.15) is 0 Å². The zero-order valence-electron chi connectivity index (χ0n) is 9.17. The van der Waals surface area contributed by atoms with Gasteiger partial charge in [-0.1, -0.05) is 25.2 Å². The van der Waals surface area contributed by atoms with Gasteiger partial charge in [0.05, 0.1) is 0 Å². The van der Waals surface area contributed by atoms with Crippen molar-refractivity contribution in [2.75, 3.05) is 0 Å². The van der Waals surface area contributed by atoms with Crippen LogP contribution in [0.4, 0.5) is 0 Å². The summed E-state index contributed by atoms with van der Waals surface area (Å²) >= 11 is 0. The van der Waals surface area contributed by atoms with Gasteiger partial charge in [-0.2, -0.15) is 18.2 Å². The predicted octanol–water partition coefficient (Wildman–Crippen LogP) is 1.83. The molecule has 0 spiro atoms. The first kappa shape index (κ1) is 14.7. The average molecular weight is 257 g/mol. The van der Waals surface area contributed by atoms with Gasteiger partial charge in [0, 0.05) is 0 Å².